The van der Waals surface area contributed by atoms with E-state index in [0.29, 0.717) is 11.1 Å². The Kier molecular flexibility index (Phi) is 9.42. The van der Waals surface area contributed by atoms with Crippen molar-refractivity contribution in [3.05, 3.63) is 177 Å². The van der Waals surface area contributed by atoms with Gasteiger partial charge in [0.2, 0.25) is 0 Å². The van der Waals surface area contributed by atoms with Crippen molar-refractivity contribution < 1.29 is 9.59 Å². The zero-order valence-corrected chi connectivity index (χ0v) is 23.1. The molecule has 0 N–H and O–H groups in total. The normalized spacial score (nSPS) is 11.6. The molecule has 0 fully saturated rings. The molecule has 2 heteroatoms. The van der Waals surface area contributed by atoms with Crippen LogP contribution in [0.5, 0.6) is 0 Å². The summed E-state index contributed by atoms with van der Waals surface area (Å²) in [7, 11) is 0. The molecule has 0 aliphatic heterocycles. The fourth-order valence-corrected chi connectivity index (χ4v) is 4.70. The molecule has 0 saturated carbocycles. The fraction of sp³-hybridized carbons (Fsp3) is 0. The van der Waals surface area contributed by atoms with E-state index >= 15 is 0 Å². The van der Waals surface area contributed by atoms with Crippen molar-refractivity contribution in [1.82, 2.24) is 0 Å². The van der Waals surface area contributed by atoms with E-state index in [2.05, 4.69) is 60.7 Å². The minimum absolute atomic E-state index is 0.672. The second-order valence-corrected chi connectivity index (χ2v) is 9.71. The summed E-state index contributed by atoms with van der Waals surface area (Å²) in [5.74, 6) is 0. The van der Waals surface area contributed by atoms with Gasteiger partial charge in [-0.2, -0.15) is 0 Å². The summed E-state index contributed by atoms with van der Waals surface area (Å²) in [5.41, 5.74) is 9.65. The first-order chi connectivity index (χ1) is 20.7. The molecule has 0 atom stereocenters. The molecule has 0 heterocycles. The molecule has 0 aliphatic rings. The van der Waals surface area contributed by atoms with E-state index in [4.69, 9.17) is 0 Å². The third kappa shape index (κ3) is 7.12. The van der Waals surface area contributed by atoms with Crippen LogP contribution in [0.4, 0.5) is 0 Å². The molecule has 0 aromatic heterocycles. The van der Waals surface area contributed by atoms with Crippen LogP contribution in [0.3, 0.4) is 0 Å². The zero-order valence-electron chi connectivity index (χ0n) is 23.1. The Bertz CT molecular complexity index is 1680. The summed E-state index contributed by atoms with van der Waals surface area (Å²) >= 11 is 0. The summed E-state index contributed by atoms with van der Waals surface area (Å²) in [4.78, 5) is 22.8. The van der Waals surface area contributed by atoms with Gasteiger partial charge >= 0.3 is 0 Å². The van der Waals surface area contributed by atoms with Gasteiger partial charge in [0, 0.05) is 11.1 Å². The molecule has 202 valence electrons. The molecule has 42 heavy (non-hydrogen) atoms. The highest BCUT2D eigenvalue weighted by molar-refractivity contribution is 5.88. The molecule has 0 saturated heterocycles. The molecular formula is C40H30O2. The van der Waals surface area contributed by atoms with E-state index < -0.39 is 0 Å². The number of rotatable bonds is 10. The summed E-state index contributed by atoms with van der Waals surface area (Å²) in [6, 6.07) is 39.9. The van der Waals surface area contributed by atoms with Gasteiger partial charge in [0.05, 0.1) is 0 Å². The number of hydrogen-bond donors (Lipinski definition) is 0. The second kappa shape index (κ2) is 14.2. The second-order valence-electron chi connectivity index (χ2n) is 9.71. The van der Waals surface area contributed by atoms with Crippen LogP contribution in [-0.4, -0.2) is 12.6 Å². The lowest BCUT2D eigenvalue weighted by molar-refractivity contribution is 0.111. The molecule has 0 bridgehead atoms. The highest BCUT2D eigenvalue weighted by Crippen LogP contribution is 2.22. The topological polar surface area (TPSA) is 34.1 Å². The average Bonchev–Trinajstić information content (AvgIpc) is 3.05. The number of hydrogen-bond acceptors (Lipinski definition) is 2. The van der Waals surface area contributed by atoms with Crippen LogP contribution in [0.25, 0.3) is 48.6 Å². The van der Waals surface area contributed by atoms with Crippen LogP contribution in [0, 0.1) is 0 Å². The molecule has 0 aliphatic carbocycles. The standard InChI is InChI=1S/C40H30O2/c41-29-39-19-9-7-17-37(39)27-25-35-15-5-3-13-33(35)23-21-31-11-1-2-12-32(31)22-24-34-14-4-6-16-36(34)26-28-38-18-8-10-20-40(38)30-42/h1-30H/b23-21-,24-22-,27-25-,28-26-. The highest BCUT2D eigenvalue weighted by Gasteiger charge is 2.02. The monoisotopic (exact) mass is 542 g/mol. The smallest absolute Gasteiger partial charge is 0.150 e. The first kappa shape index (κ1) is 27.9. The van der Waals surface area contributed by atoms with Crippen LogP contribution in [0.15, 0.2) is 121 Å². The largest absolute Gasteiger partial charge is 0.298 e. The summed E-state index contributed by atoms with van der Waals surface area (Å²) < 4.78 is 0. The van der Waals surface area contributed by atoms with Gasteiger partial charge in [-0.25, -0.2) is 0 Å². The van der Waals surface area contributed by atoms with Gasteiger partial charge in [-0.3, -0.25) is 9.59 Å². The van der Waals surface area contributed by atoms with E-state index in [-0.39, 0.29) is 0 Å². The van der Waals surface area contributed by atoms with Crippen molar-refractivity contribution in [2.45, 2.75) is 0 Å². The average molecular weight is 543 g/mol. The van der Waals surface area contributed by atoms with Gasteiger partial charge in [-0.05, 0) is 44.5 Å². The van der Waals surface area contributed by atoms with Crippen molar-refractivity contribution in [2.75, 3.05) is 0 Å². The first-order valence-electron chi connectivity index (χ1n) is 13.8. The number of carbonyl (C=O) groups excluding carboxylic acids is 2. The predicted molar refractivity (Wildman–Crippen MR) is 179 cm³/mol. The molecule has 5 rings (SSSR count). The van der Waals surface area contributed by atoms with Crippen LogP contribution < -0.4 is 0 Å². The third-order valence-corrected chi connectivity index (χ3v) is 7.00. The van der Waals surface area contributed by atoms with Crippen LogP contribution in [0.1, 0.15) is 65.2 Å². The van der Waals surface area contributed by atoms with E-state index in [0.717, 1.165) is 57.1 Å². The Morgan fingerprint density at radius 2 is 0.381 bits per heavy atom. The van der Waals surface area contributed by atoms with Crippen molar-refractivity contribution in [3.63, 3.8) is 0 Å². The molecule has 0 spiro atoms. The van der Waals surface area contributed by atoms with Crippen molar-refractivity contribution in [3.8, 4) is 0 Å². The Balaban J connectivity index is 1.39. The van der Waals surface area contributed by atoms with Crippen molar-refractivity contribution >= 4 is 61.2 Å². The maximum atomic E-state index is 11.4. The van der Waals surface area contributed by atoms with Crippen molar-refractivity contribution in [1.29, 1.82) is 0 Å². The summed E-state index contributed by atoms with van der Waals surface area (Å²) in [6.45, 7) is 0. The van der Waals surface area contributed by atoms with Gasteiger partial charge in [0.15, 0.2) is 12.6 Å². The Labute approximate surface area is 247 Å². The lowest BCUT2D eigenvalue weighted by atomic mass is 10.00. The van der Waals surface area contributed by atoms with E-state index in [9.17, 15) is 9.59 Å². The van der Waals surface area contributed by atoms with E-state index in [1.165, 1.54) is 0 Å². The van der Waals surface area contributed by atoms with Gasteiger partial charge in [-0.15, -0.1) is 0 Å². The molecule has 2 nitrogen and oxygen atoms in total. The maximum Gasteiger partial charge on any atom is 0.150 e. The highest BCUT2D eigenvalue weighted by atomic mass is 16.1. The van der Waals surface area contributed by atoms with Crippen molar-refractivity contribution in [2.24, 2.45) is 0 Å². The summed E-state index contributed by atoms with van der Waals surface area (Å²) in [5, 5.41) is 0. The molecule has 5 aromatic rings. The van der Waals surface area contributed by atoms with Crippen LogP contribution >= 0.6 is 0 Å². The Morgan fingerprint density at radius 3 is 0.548 bits per heavy atom. The number of benzene rings is 5. The van der Waals surface area contributed by atoms with Gasteiger partial charge in [0.1, 0.15) is 0 Å². The molecule has 0 radical (unpaired) electrons. The SMILES string of the molecule is O=Cc1ccccc1/C=C\c1ccccc1/C=C\c1ccccc1/C=C\c1ccccc1/C=C\c1ccccc1C=O. The van der Waals surface area contributed by atoms with Gasteiger partial charge in [-0.1, -0.05) is 170 Å². The van der Waals surface area contributed by atoms with Gasteiger partial charge < -0.3 is 0 Å². The van der Waals surface area contributed by atoms with Crippen LogP contribution in [0.2, 0.25) is 0 Å². The Morgan fingerprint density at radius 1 is 0.238 bits per heavy atom. The Hall–Kier alpha value is -5.60. The molecule has 0 unspecified atom stereocenters. The fourth-order valence-electron chi connectivity index (χ4n) is 4.70. The quantitative estimate of drug-likeness (QED) is 0.130. The number of carbonyl (C=O) groups is 2. The van der Waals surface area contributed by atoms with Crippen LogP contribution in [-0.2, 0) is 0 Å². The number of aldehydes is 2. The minimum atomic E-state index is 0.672. The molecule has 0 amide bonds. The zero-order chi connectivity index (χ0) is 29.0. The first-order valence-corrected chi connectivity index (χ1v) is 13.8. The lowest BCUT2D eigenvalue weighted by Gasteiger charge is -2.05. The summed E-state index contributed by atoms with van der Waals surface area (Å²) in [6.07, 6.45) is 18.3. The molecule has 5 aromatic carbocycles. The molecular weight excluding hydrogens is 512 g/mol. The maximum absolute atomic E-state index is 11.4. The lowest BCUT2D eigenvalue weighted by Crippen LogP contribution is -1.86. The van der Waals surface area contributed by atoms with Gasteiger partial charge in [0.25, 0.3) is 0 Å². The minimum Gasteiger partial charge on any atom is -0.298 e. The van der Waals surface area contributed by atoms with E-state index in [1.807, 2.05) is 109 Å². The third-order valence-electron chi connectivity index (χ3n) is 7.00. The predicted octanol–water partition coefficient (Wildman–Crippen LogP) is 9.99. The van der Waals surface area contributed by atoms with E-state index in [1.54, 1.807) is 0 Å².